The largest absolute Gasteiger partial charge is 0.318 e. The Kier molecular flexibility index (Phi) is 6.35. The summed E-state index contributed by atoms with van der Waals surface area (Å²) in [4.78, 5) is 2.39. The van der Waals surface area contributed by atoms with E-state index >= 15 is 0 Å². The van der Waals surface area contributed by atoms with Gasteiger partial charge in [-0.3, -0.25) is 0 Å². The SMILES string of the molecule is CC.CNCC1(N(C)C)CCCC1. The zero-order valence-corrected chi connectivity index (χ0v) is 9.98. The summed E-state index contributed by atoms with van der Waals surface area (Å²) in [5, 5.41) is 3.29. The van der Waals surface area contributed by atoms with Crippen molar-refractivity contribution in [2.75, 3.05) is 27.7 Å². The van der Waals surface area contributed by atoms with Crippen LogP contribution in [-0.4, -0.2) is 38.1 Å². The first-order valence-electron chi connectivity index (χ1n) is 5.53. The lowest BCUT2D eigenvalue weighted by molar-refractivity contribution is 0.157. The maximum atomic E-state index is 3.29. The first-order valence-corrected chi connectivity index (χ1v) is 5.53. The molecule has 0 radical (unpaired) electrons. The summed E-state index contributed by atoms with van der Waals surface area (Å²) in [6.45, 7) is 5.14. The summed E-state index contributed by atoms with van der Waals surface area (Å²) < 4.78 is 0. The second kappa shape index (κ2) is 6.39. The quantitative estimate of drug-likeness (QED) is 0.726. The number of rotatable bonds is 3. The van der Waals surface area contributed by atoms with E-state index in [4.69, 9.17) is 0 Å². The average Bonchev–Trinajstić information content (AvgIpc) is 2.59. The molecule has 2 nitrogen and oxygen atoms in total. The molecule has 13 heavy (non-hydrogen) atoms. The van der Waals surface area contributed by atoms with Gasteiger partial charge in [0.05, 0.1) is 0 Å². The van der Waals surface area contributed by atoms with Crippen molar-refractivity contribution in [1.29, 1.82) is 0 Å². The Morgan fingerprint density at radius 1 is 1.15 bits per heavy atom. The van der Waals surface area contributed by atoms with Crippen LogP contribution in [0.5, 0.6) is 0 Å². The molecular weight excluding hydrogens is 160 g/mol. The molecule has 1 N–H and O–H groups in total. The molecule has 0 atom stereocenters. The van der Waals surface area contributed by atoms with Gasteiger partial charge in [0, 0.05) is 12.1 Å². The fraction of sp³-hybridized carbons (Fsp3) is 1.00. The average molecular weight is 186 g/mol. The minimum atomic E-state index is 0.467. The molecule has 0 saturated heterocycles. The van der Waals surface area contributed by atoms with Gasteiger partial charge in [0.2, 0.25) is 0 Å². The van der Waals surface area contributed by atoms with Crippen LogP contribution in [0.1, 0.15) is 39.5 Å². The van der Waals surface area contributed by atoms with Crippen LogP contribution in [0.4, 0.5) is 0 Å². The Bertz CT molecular complexity index is 115. The maximum Gasteiger partial charge on any atom is 0.0327 e. The molecule has 1 aliphatic rings. The highest BCUT2D eigenvalue weighted by atomic mass is 15.2. The van der Waals surface area contributed by atoms with Crippen molar-refractivity contribution >= 4 is 0 Å². The third-order valence-electron chi connectivity index (χ3n) is 2.99. The van der Waals surface area contributed by atoms with E-state index in [-0.39, 0.29) is 0 Å². The normalized spacial score (nSPS) is 19.8. The van der Waals surface area contributed by atoms with Crippen molar-refractivity contribution in [3.8, 4) is 0 Å². The summed E-state index contributed by atoms with van der Waals surface area (Å²) >= 11 is 0. The fourth-order valence-corrected chi connectivity index (χ4v) is 2.14. The second-order valence-corrected chi connectivity index (χ2v) is 3.86. The molecule has 0 aromatic rings. The van der Waals surface area contributed by atoms with E-state index in [1.807, 2.05) is 20.9 Å². The molecule has 1 fully saturated rings. The molecule has 0 spiro atoms. The van der Waals surface area contributed by atoms with Crippen LogP contribution < -0.4 is 5.32 Å². The summed E-state index contributed by atoms with van der Waals surface area (Å²) in [7, 11) is 6.44. The molecule has 0 unspecified atom stereocenters. The first kappa shape index (κ1) is 12.9. The molecule has 0 aliphatic heterocycles. The zero-order chi connectivity index (χ0) is 10.3. The minimum absolute atomic E-state index is 0.467. The van der Waals surface area contributed by atoms with Crippen molar-refractivity contribution in [1.82, 2.24) is 10.2 Å². The Labute approximate surface area is 83.7 Å². The smallest absolute Gasteiger partial charge is 0.0327 e. The maximum absolute atomic E-state index is 3.29. The molecule has 1 rings (SSSR count). The van der Waals surface area contributed by atoms with Gasteiger partial charge < -0.3 is 10.2 Å². The molecule has 0 aromatic carbocycles. The fourth-order valence-electron chi connectivity index (χ4n) is 2.14. The third kappa shape index (κ3) is 3.28. The minimum Gasteiger partial charge on any atom is -0.318 e. The van der Waals surface area contributed by atoms with E-state index in [1.54, 1.807) is 0 Å². The van der Waals surface area contributed by atoms with E-state index in [2.05, 4.69) is 24.3 Å². The van der Waals surface area contributed by atoms with Gasteiger partial charge in [-0.15, -0.1) is 0 Å². The van der Waals surface area contributed by atoms with Crippen LogP contribution in [0.3, 0.4) is 0 Å². The standard InChI is InChI=1S/C9H20N2.C2H6/c1-10-8-9(11(2)3)6-4-5-7-9;1-2/h10H,4-8H2,1-3H3;1-2H3. The lowest BCUT2D eigenvalue weighted by atomic mass is 9.96. The number of nitrogens with zero attached hydrogens (tertiary/aromatic N) is 1. The molecule has 0 aromatic heterocycles. The number of hydrogen-bond acceptors (Lipinski definition) is 2. The van der Waals surface area contributed by atoms with Crippen LogP contribution in [0.25, 0.3) is 0 Å². The van der Waals surface area contributed by atoms with Crippen molar-refractivity contribution in [3.63, 3.8) is 0 Å². The summed E-state index contributed by atoms with van der Waals surface area (Å²) in [5.41, 5.74) is 0.467. The van der Waals surface area contributed by atoms with Gasteiger partial charge in [-0.05, 0) is 34.0 Å². The molecule has 1 saturated carbocycles. The summed E-state index contributed by atoms with van der Waals surface area (Å²) in [6.07, 6.45) is 5.53. The van der Waals surface area contributed by atoms with Crippen LogP contribution in [0.15, 0.2) is 0 Å². The van der Waals surface area contributed by atoms with Gasteiger partial charge in [-0.1, -0.05) is 26.7 Å². The molecule has 2 heteroatoms. The molecular formula is C11H26N2. The van der Waals surface area contributed by atoms with Crippen molar-refractivity contribution in [2.45, 2.75) is 45.1 Å². The molecule has 0 amide bonds. The van der Waals surface area contributed by atoms with E-state index in [1.165, 1.54) is 25.7 Å². The number of likely N-dealkylation sites (N-methyl/N-ethyl adjacent to an activating group) is 2. The molecule has 80 valence electrons. The third-order valence-corrected chi connectivity index (χ3v) is 2.99. The van der Waals surface area contributed by atoms with E-state index < -0.39 is 0 Å². The lowest BCUT2D eigenvalue weighted by Gasteiger charge is -2.36. The van der Waals surface area contributed by atoms with Crippen LogP contribution in [0.2, 0.25) is 0 Å². The van der Waals surface area contributed by atoms with Crippen LogP contribution in [0, 0.1) is 0 Å². The van der Waals surface area contributed by atoms with Crippen molar-refractivity contribution in [3.05, 3.63) is 0 Å². The number of hydrogen-bond donors (Lipinski definition) is 1. The Morgan fingerprint density at radius 3 is 1.92 bits per heavy atom. The van der Waals surface area contributed by atoms with Gasteiger partial charge in [0.15, 0.2) is 0 Å². The molecule has 1 aliphatic carbocycles. The molecule has 0 heterocycles. The van der Waals surface area contributed by atoms with Gasteiger partial charge in [-0.2, -0.15) is 0 Å². The van der Waals surface area contributed by atoms with Gasteiger partial charge in [0.1, 0.15) is 0 Å². The van der Waals surface area contributed by atoms with Crippen LogP contribution in [-0.2, 0) is 0 Å². The lowest BCUT2D eigenvalue weighted by Crippen LogP contribution is -2.48. The Balaban J connectivity index is 0.000000671. The highest BCUT2D eigenvalue weighted by Gasteiger charge is 2.34. The Morgan fingerprint density at radius 2 is 1.62 bits per heavy atom. The summed E-state index contributed by atoms with van der Waals surface area (Å²) in [5.74, 6) is 0. The van der Waals surface area contributed by atoms with Gasteiger partial charge >= 0.3 is 0 Å². The highest BCUT2D eigenvalue weighted by molar-refractivity contribution is 4.93. The zero-order valence-electron chi connectivity index (χ0n) is 9.98. The second-order valence-electron chi connectivity index (χ2n) is 3.86. The summed E-state index contributed by atoms with van der Waals surface area (Å²) in [6, 6.07) is 0. The highest BCUT2D eigenvalue weighted by Crippen LogP contribution is 2.32. The molecule has 0 bridgehead atoms. The topological polar surface area (TPSA) is 15.3 Å². The first-order chi connectivity index (χ1) is 6.21. The Hall–Kier alpha value is -0.0800. The van der Waals surface area contributed by atoms with Crippen molar-refractivity contribution in [2.24, 2.45) is 0 Å². The van der Waals surface area contributed by atoms with Crippen LogP contribution >= 0.6 is 0 Å². The van der Waals surface area contributed by atoms with Crippen molar-refractivity contribution < 1.29 is 0 Å². The van der Waals surface area contributed by atoms with E-state index in [0.29, 0.717) is 5.54 Å². The van der Waals surface area contributed by atoms with Gasteiger partial charge in [0.25, 0.3) is 0 Å². The predicted octanol–water partition coefficient (Wildman–Crippen LogP) is 2.11. The van der Waals surface area contributed by atoms with E-state index in [9.17, 15) is 0 Å². The predicted molar refractivity (Wildman–Crippen MR) is 60.2 cm³/mol. The monoisotopic (exact) mass is 186 g/mol. The number of nitrogens with one attached hydrogen (secondary N) is 1. The van der Waals surface area contributed by atoms with E-state index in [0.717, 1.165) is 6.54 Å². The van der Waals surface area contributed by atoms with Gasteiger partial charge in [-0.25, -0.2) is 0 Å².